The number of likely N-dealkylation sites (N-methyl/N-ethyl adjacent to an activating group) is 1. The van der Waals surface area contributed by atoms with E-state index in [2.05, 4.69) is 15.3 Å². The smallest absolute Gasteiger partial charge is 0.258 e. The molecule has 0 atom stereocenters. The lowest BCUT2D eigenvalue weighted by Crippen LogP contribution is -2.17. The van der Waals surface area contributed by atoms with E-state index in [0.29, 0.717) is 28.9 Å². The summed E-state index contributed by atoms with van der Waals surface area (Å²) >= 11 is 0. The van der Waals surface area contributed by atoms with Crippen LogP contribution in [0.25, 0.3) is 10.9 Å². The summed E-state index contributed by atoms with van der Waals surface area (Å²) in [4.78, 5) is 19.1. The Balaban J connectivity index is 2.57. The number of hydrogen-bond acceptors (Lipinski definition) is 4. The van der Waals surface area contributed by atoms with E-state index in [9.17, 15) is 4.79 Å². The summed E-state index contributed by atoms with van der Waals surface area (Å²) in [5.41, 5.74) is 0.491. The molecule has 17 heavy (non-hydrogen) atoms. The van der Waals surface area contributed by atoms with Crippen LogP contribution >= 0.6 is 0 Å². The Labute approximate surface area is 98.8 Å². The minimum absolute atomic E-state index is 0.125. The van der Waals surface area contributed by atoms with E-state index in [0.717, 1.165) is 6.54 Å². The highest BCUT2D eigenvalue weighted by molar-refractivity contribution is 5.83. The van der Waals surface area contributed by atoms with Gasteiger partial charge in [0.2, 0.25) is 0 Å². The number of fused-ring (bicyclic) bond motifs is 1. The van der Waals surface area contributed by atoms with E-state index in [1.807, 2.05) is 7.05 Å². The number of ether oxygens (including phenoxy) is 1. The first kappa shape index (κ1) is 11.6. The number of hydrogen-bond donors (Lipinski definition) is 2. The molecule has 0 saturated heterocycles. The maximum Gasteiger partial charge on any atom is 0.258 e. The molecule has 0 bridgehead atoms. The molecule has 1 heterocycles. The number of para-hydroxylation sites is 1. The van der Waals surface area contributed by atoms with Gasteiger partial charge in [-0.1, -0.05) is 6.07 Å². The summed E-state index contributed by atoms with van der Waals surface area (Å²) in [5, 5.41) is 3.57. The second-order valence-electron chi connectivity index (χ2n) is 3.72. The summed E-state index contributed by atoms with van der Waals surface area (Å²) < 4.78 is 5.21. The topological polar surface area (TPSA) is 67.0 Å². The minimum Gasteiger partial charge on any atom is -0.494 e. The van der Waals surface area contributed by atoms with Crippen molar-refractivity contribution in [2.45, 2.75) is 6.42 Å². The zero-order chi connectivity index (χ0) is 12.3. The molecule has 0 aliphatic rings. The normalized spacial score (nSPS) is 10.7. The van der Waals surface area contributed by atoms with Gasteiger partial charge in [-0.3, -0.25) is 4.79 Å². The van der Waals surface area contributed by atoms with Gasteiger partial charge in [-0.2, -0.15) is 0 Å². The number of methoxy groups -OCH3 is 1. The van der Waals surface area contributed by atoms with Crippen molar-refractivity contribution in [3.63, 3.8) is 0 Å². The molecule has 0 unspecified atom stereocenters. The molecular formula is C12H15N3O2. The maximum absolute atomic E-state index is 11.9. The van der Waals surface area contributed by atoms with Gasteiger partial charge >= 0.3 is 0 Å². The predicted molar refractivity (Wildman–Crippen MR) is 66.5 cm³/mol. The first-order valence-corrected chi connectivity index (χ1v) is 5.46. The molecule has 0 amide bonds. The molecule has 0 fully saturated rings. The van der Waals surface area contributed by atoms with Crippen LogP contribution < -0.4 is 15.6 Å². The van der Waals surface area contributed by atoms with Crippen molar-refractivity contribution in [2.75, 3.05) is 20.7 Å². The molecule has 5 heteroatoms. The number of nitrogens with one attached hydrogen (secondary N) is 2. The summed E-state index contributed by atoms with van der Waals surface area (Å²) in [6.07, 6.45) is 0.680. The van der Waals surface area contributed by atoms with Crippen molar-refractivity contribution >= 4 is 10.9 Å². The highest BCUT2D eigenvalue weighted by atomic mass is 16.5. The van der Waals surface area contributed by atoms with Crippen LogP contribution in [0, 0.1) is 0 Å². The highest BCUT2D eigenvalue weighted by Gasteiger charge is 2.07. The van der Waals surface area contributed by atoms with Gasteiger partial charge in [0.25, 0.3) is 5.56 Å². The van der Waals surface area contributed by atoms with Crippen molar-refractivity contribution in [1.29, 1.82) is 0 Å². The summed E-state index contributed by atoms with van der Waals surface area (Å²) in [6, 6.07) is 5.33. The quantitative estimate of drug-likeness (QED) is 0.815. The van der Waals surface area contributed by atoms with Gasteiger partial charge in [0, 0.05) is 13.0 Å². The van der Waals surface area contributed by atoms with E-state index in [1.165, 1.54) is 0 Å². The lowest BCUT2D eigenvalue weighted by atomic mass is 10.2. The number of nitrogens with zero attached hydrogens (tertiary/aromatic N) is 1. The van der Waals surface area contributed by atoms with Crippen LogP contribution in [0.5, 0.6) is 5.75 Å². The van der Waals surface area contributed by atoms with E-state index < -0.39 is 0 Å². The molecule has 90 valence electrons. The molecule has 0 aliphatic carbocycles. The lowest BCUT2D eigenvalue weighted by molar-refractivity contribution is 0.418. The average Bonchev–Trinajstić information content (AvgIpc) is 2.35. The Kier molecular flexibility index (Phi) is 3.39. The van der Waals surface area contributed by atoms with E-state index in [-0.39, 0.29) is 5.56 Å². The van der Waals surface area contributed by atoms with Crippen LogP contribution in [0.2, 0.25) is 0 Å². The van der Waals surface area contributed by atoms with Gasteiger partial charge in [0.1, 0.15) is 17.1 Å². The largest absolute Gasteiger partial charge is 0.494 e. The average molecular weight is 233 g/mol. The fourth-order valence-corrected chi connectivity index (χ4v) is 1.71. The van der Waals surface area contributed by atoms with Crippen molar-refractivity contribution < 1.29 is 4.74 Å². The Morgan fingerprint density at radius 3 is 3.00 bits per heavy atom. The van der Waals surface area contributed by atoms with Gasteiger partial charge < -0.3 is 15.0 Å². The molecule has 0 saturated carbocycles. The number of benzene rings is 1. The highest BCUT2D eigenvalue weighted by Crippen LogP contribution is 2.20. The molecule has 0 spiro atoms. The minimum atomic E-state index is -0.125. The first-order valence-electron chi connectivity index (χ1n) is 5.46. The summed E-state index contributed by atoms with van der Waals surface area (Å²) in [5.74, 6) is 1.29. The first-order chi connectivity index (χ1) is 8.26. The van der Waals surface area contributed by atoms with Gasteiger partial charge in [-0.15, -0.1) is 0 Å². The van der Waals surface area contributed by atoms with E-state index in [4.69, 9.17) is 4.74 Å². The number of rotatable bonds is 4. The molecule has 2 aromatic rings. The second kappa shape index (κ2) is 4.97. The molecule has 5 nitrogen and oxygen atoms in total. The van der Waals surface area contributed by atoms with E-state index in [1.54, 1.807) is 25.3 Å². The van der Waals surface area contributed by atoms with Crippen molar-refractivity contribution in [3.8, 4) is 5.75 Å². The van der Waals surface area contributed by atoms with E-state index >= 15 is 0 Å². The standard InChI is InChI=1S/C12H15N3O2/c1-13-7-6-10-14-11-8(12(16)15-10)4-3-5-9(11)17-2/h3-5,13H,6-7H2,1-2H3,(H,14,15,16). The molecular weight excluding hydrogens is 218 g/mol. The fraction of sp³-hybridized carbons (Fsp3) is 0.333. The lowest BCUT2D eigenvalue weighted by Gasteiger charge is -2.06. The Bertz CT molecular complexity index is 577. The van der Waals surface area contributed by atoms with Crippen LogP contribution in [0.1, 0.15) is 5.82 Å². The van der Waals surface area contributed by atoms with Crippen LogP contribution in [0.3, 0.4) is 0 Å². The third kappa shape index (κ3) is 2.29. The van der Waals surface area contributed by atoms with Crippen LogP contribution in [-0.4, -0.2) is 30.7 Å². The zero-order valence-electron chi connectivity index (χ0n) is 9.91. The zero-order valence-corrected chi connectivity index (χ0v) is 9.91. The van der Waals surface area contributed by atoms with Gasteiger partial charge in [0.05, 0.1) is 12.5 Å². The summed E-state index contributed by atoms with van der Waals surface area (Å²) in [7, 11) is 3.44. The number of aromatic nitrogens is 2. The molecule has 1 aromatic heterocycles. The van der Waals surface area contributed by atoms with Crippen molar-refractivity contribution in [3.05, 3.63) is 34.4 Å². The molecule has 2 N–H and O–H groups in total. The predicted octanol–water partition coefficient (Wildman–Crippen LogP) is 0.694. The third-order valence-corrected chi connectivity index (χ3v) is 2.58. The van der Waals surface area contributed by atoms with Crippen molar-refractivity contribution in [1.82, 2.24) is 15.3 Å². The molecule has 2 rings (SSSR count). The van der Waals surface area contributed by atoms with Gasteiger partial charge in [-0.05, 0) is 19.2 Å². The van der Waals surface area contributed by atoms with Crippen LogP contribution in [-0.2, 0) is 6.42 Å². The van der Waals surface area contributed by atoms with Gasteiger partial charge in [0.15, 0.2) is 0 Å². The molecule has 0 aliphatic heterocycles. The summed E-state index contributed by atoms with van der Waals surface area (Å²) in [6.45, 7) is 0.767. The van der Waals surface area contributed by atoms with Crippen molar-refractivity contribution in [2.24, 2.45) is 0 Å². The Morgan fingerprint density at radius 2 is 2.29 bits per heavy atom. The fourth-order valence-electron chi connectivity index (χ4n) is 1.71. The molecule has 0 radical (unpaired) electrons. The second-order valence-corrected chi connectivity index (χ2v) is 3.72. The number of aromatic amines is 1. The third-order valence-electron chi connectivity index (χ3n) is 2.58. The SMILES string of the molecule is CNCCc1nc2c(OC)cccc2c(=O)[nH]1. The monoisotopic (exact) mass is 233 g/mol. The Hall–Kier alpha value is -1.88. The maximum atomic E-state index is 11.9. The van der Waals surface area contributed by atoms with Gasteiger partial charge in [-0.25, -0.2) is 4.98 Å². The van der Waals surface area contributed by atoms with Crippen LogP contribution in [0.15, 0.2) is 23.0 Å². The number of H-pyrrole nitrogens is 1. The Morgan fingerprint density at radius 1 is 1.47 bits per heavy atom. The van der Waals surface area contributed by atoms with Crippen LogP contribution in [0.4, 0.5) is 0 Å². The molecule has 1 aromatic carbocycles.